The van der Waals surface area contributed by atoms with Crippen LogP contribution in [-0.2, 0) is 0 Å². The van der Waals surface area contributed by atoms with Crippen LogP contribution in [0.1, 0.15) is 56.6 Å². The maximum atomic E-state index is 11.6. The Morgan fingerprint density at radius 3 is 2.68 bits per heavy atom. The van der Waals surface area contributed by atoms with Gasteiger partial charge in [-0.05, 0) is 54.3 Å². The van der Waals surface area contributed by atoms with Crippen LogP contribution in [0.25, 0.3) is 0 Å². The SMILES string of the molecule is CCCCC1(CC)CSc2ccc(N)cc2[C@@H](c2ccncc2)[C@H]1O. The van der Waals surface area contributed by atoms with E-state index in [1.807, 2.05) is 48.4 Å². The van der Waals surface area contributed by atoms with Crippen molar-refractivity contribution < 1.29 is 5.11 Å². The molecule has 2 heterocycles. The number of aliphatic hydroxyl groups excluding tert-OH is 1. The Balaban J connectivity index is 2.13. The van der Waals surface area contributed by atoms with Crippen LogP contribution in [0.5, 0.6) is 0 Å². The summed E-state index contributed by atoms with van der Waals surface area (Å²) >= 11 is 1.87. The molecule has 0 aliphatic carbocycles. The molecule has 0 amide bonds. The number of thioether (sulfide) groups is 1. The Kier molecular flexibility index (Phi) is 5.70. The van der Waals surface area contributed by atoms with E-state index in [0.717, 1.165) is 48.3 Å². The first-order valence-corrected chi connectivity index (χ1v) is 10.2. The fraction of sp³-hybridized carbons (Fsp3) is 0.476. The number of nitrogen functional groups attached to an aromatic ring is 1. The van der Waals surface area contributed by atoms with Gasteiger partial charge in [0.2, 0.25) is 0 Å². The van der Waals surface area contributed by atoms with Crippen LogP contribution in [0.3, 0.4) is 0 Å². The number of pyridine rings is 1. The summed E-state index contributed by atoms with van der Waals surface area (Å²) in [6.07, 6.45) is 7.52. The summed E-state index contributed by atoms with van der Waals surface area (Å²) < 4.78 is 0. The van der Waals surface area contributed by atoms with Crippen molar-refractivity contribution in [3.8, 4) is 0 Å². The fourth-order valence-corrected chi connectivity index (χ4v) is 5.42. The summed E-state index contributed by atoms with van der Waals surface area (Å²) in [5.41, 5.74) is 9.03. The van der Waals surface area contributed by atoms with Gasteiger partial charge >= 0.3 is 0 Å². The van der Waals surface area contributed by atoms with Gasteiger partial charge in [0.1, 0.15) is 0 Å². The maximum absolute atomic E-state index is 11.6. The molecule has 0 saturated carbocycles. The Labute approximate surface area is 155 Å². The second-order valence-corrected chi connectivity index (χ2v) is 8.13. The smallest absolute Gasteiger partial charge is 0.0713 e. The van der Waals surface area contributed by atoms with E-state index >= 15 is 0 Å². The molecule has 3 N–H and O–H groups in total. The highest BCUT2D eigenvalue weighted by atomic mass is 32.2. The van der Waals surface area contributed by atoms with Crippen molar-refractivity contribution in [1.82, 2.24) is 4.98 Å². The molecule has 0 bridgehead atoms. The van der Waals surface area contributed by atoms with Crippen LogP contribution in [0.15, 0.2) is 47.6 Å². The lowest BCUT2D eigenvalue weighted by molar-refractivity contribution is 0.0182. The third-order valence-corrected chi connectivity index (χ3v) is 7.03. The summed E-state index contributed by atoms with van der Waals surface area (Å²) in [7, 11) is 0. The molecule has 3 nitrogen and oxygen atoms in total. The zero-order valence-electron chi connectivity index (χ0n) is 15.1. The number of benzene rings is 1. The molecular weight excluding hydrogens is 328 g/mol. The summed E-state index contributed by atoms with van der Waals surface area (Å²) in [5, 5.41) is 11.6. The van der Waals surface area contributed by atoms with Crippen LogP contribution in [0, 0.1) is 5.41 Å². The molecule has 3 atom stereocenters. The number of nitrogens with zero attached hydrogens (tertiary/aromatic N) is 1. The number of hydrogen-bond acceptors (Lipinski definition) is 4. The van der Waals surface area contributed by atoms with Gasteiger partial charge in [-0.25, -0.2) is 0 Å². The molecular formula is C21H28N2OS. The Morgan fingerprint density at radius 2 is 2.00 bits per heavy atom. The number of anilines is 1. The number of fused-ring (bicyclic) bond motifs is 1. The highest BCUT2D eigenvalue weighted by molar-refractivity contribution is 7.99. The molecule has 3 rings (SSSR count). The Hall–Kier alpha value is -1.52. The molecule has 25 heavy (non-hydrogen) atoms. The van der Waals surface area contributed by atoms with Gasteiger partial charge in [-0.2, -0.15) is 0 Å². The predicted octanol–water partition coefficient (Wildman–Crippen LogP) is 4.85. The largest absolute Gasteiger partial charge is 0.399 e. The van der Waals surface area contributed by atoms with E-state index in [4.69, 9.17) is 5.73 Å². The van der Waals surface area contributed by atoms with Gasteiger partial charge in [0.05, 0.1) is 6.10 Å². The molecule has 0 fully saturated rings. The monoisotopic (exact) mass is 356 g/mol. The number of aliphatic hydroxyl groups is 1. The molecule has 1 aliphatic rings. The van der Waals surface area contributed by atoms with Gasteiger partial charge in [0.15, 0.2) is 0 Å². The van der Waals surface area contributed by atoms with Gasteiger partial charge in [0.25, 0.3) is 0 Å². The molecule has 1 aromatic heterocycles. The predicted molar refractivity (Wildman–Crippen MR) is 106 cm³/mol. The highest BCUT2D eigenvalue weighted by Crippen LogP contribution is 2.50. The van der Waals surface area contributed by atoms with E-state index in [0.29, 0.717) is 0 Å². The number of aromatic nitrogens is 1. The van der Waals surface area contributed by atoms with E-state index in [9.17, 15) is 5.11 Å². The normalized spacial score (nSPS) is 26.0. The van der Waals surface area contributed by atoms with Gasteiger partial charge in [-0.15, -0.1) is 11.8 Å². The number of hydrogen-bond donors (Lipinski definition) is 2. The van der Waals surface area contributed by atoms with Crippen molar-refractivity contribution in [3.63, 3.8) is 0 Å². The quantitative estimate of drug-likeness (QED) is 0.752. The highest BCUT2D eigenvalue weighted by Gasteiger charge is 2.44. The molecule has 134 valence electrons. The van der Waals surface area contributed by atoms with E-state index in [2.05, 4.69) is 24.9 Å². The fourth-order valence-electron chi connectivity index (χ4n) is 3.94. The molecule has 1 aliphatic heterocycles. The zero-order chi connectivity index (χ0) is 17.9. The second-order valence-electron chi connectivity index (χ2n) is 7.11. The van der Waals surface area contributed by atoms with E-state index < -0.39 is 6.10 Å². The summed E-state index contributed by atoms with van der Waals surface area (Å²) in [6, 6.07) is 10.2. The van der Waals surface area contributed by atoms with Gasteiger partial charge in [-0.3, -0.25) is 4.98 Å². The lowest BCUT2D eigenvalue weighted by atomic mass is 9.69. The summed E-state index contributed by atoms with van der Waals surface area (Å²) in [5.74, 6) is 0.886. The van der Waals surface area contributed by atoms with Crippen molar-refractivity contribution in [2.24, 2.45) is 5.41 Å². The minimum atomic E-state index is -0.429. The van der Waals surface area contributed by atoms with Gasteiger partial charge in [-0.1, -0.05) is 26.7 Å². The molecule has 0 saturated heterocycles. The first-order chi connectivity index (χ1) is 12.1. The third-order valence-electron chi connectivity index (χ3n) is 5.62. The van der Waals surface area contributed by atoms with Gasteiger partial charge < -0.3 is 10.8 Å². The zero-order valence-corrected chi connectivity index (χ0v) is 15.9. The van der Waals surface area contributed by atoms with Crippen molar-refractivity contribution >= 4 is 17.4 Å². The molecule has 4 heteroatoms. The van der Waals surface area contributed by atoms with Crippen molar-refractivity contribution in [2.75, 3.05) is 11.5 Å². The molecule has 1 unspecified atom stereocenters. The summed E-state index contributed by atoms with van der Waals surface area (Å²) in [4.78, 5) is 5.39. The standard InChI is InChI=1S/C21H28N2OS/c1-3-5-10-21(4-2)14-25-18-7-6-16(22)13-17(18)19(20(21)24)15-8-11-23-12-9-15/h6-9,11-13,19-20,24H,3-5,10,14,22H2,1-2H3/t19-,20-,21?/m1/s1. The maximum Gasteiger partial charge on any atom is 0.0713 e. The number of nitrogens with two attached hydrogens (primary N) is 1. The van der Waals surface area contributed by atoms with E-state index in [-0.39, 0.29) is 11.3 Å². The molecule has 0 spiro atoms. The lowest BCUT2D eigenvalue weighted by Crippen LogP contribution is -2.40. The third kappa shape index (κ3) is 3.56. The van der Waals surface area contributed by atoms with E-state index in [1.165, 1.54) is 4.90 Å². The first-order valence-electron chi connectivity index (χ1n) is 9.21. The average molecular weight is 357 g/mol. The van der Waals surface area contributed by atoms with E-state index in [1.54, 1.807) is 0 Å². The minimum Gasteiger partial charge on any atom is -0.399 e. The van der Waals surface area contributed by atoms with Gasteiger partial charge in [0, 0.05) is 40.1 Å². The average Bonchev–Trinajstić information content (AvgIpc) is 2.75. The number of rotatable bonds is 5. The van der Waals surface area contributed by atoms with Crippen molar-refractivity contribution in [1.29, 1.82) is 0 Å². The van der Waals surface area contributed by atoms with Crippen LogP contribution >= 0.6 is 11.8 Å². The van der Waals surface area contributed by atoms with Crippen molar-refractivity contribution in [2.45, 2.75) is 56.4 Å². The van der Waals surface area contributed by atoms with Crippen LogP contribution in [0.4, 0.5) is 5.69 Å². The van der Waals surface area contributed by atoms with Crippen LogP contribution < -0.4 is 5.73 Å². The molecule has 2 aromatic rings. The topological polar surface area (TPSA) is 59.1 Å². The van der Waals surface area contributed by atoms with Crippen LogP contribution in [0.2, 0.25) is 0 Å². The molecule has 0 radical (unpaired) electrons. The lowest BCUT2D eigenvalue weighted by Gasteiger charge is -2.39. The minimum absolute atomic E-state index is 0.0618. The first kappa shape index (κ1) is 18.3. The molecule has 1 aromatic carbocycles. The Bertz CT molecular complexity index is 706. The summed E-state index contributed by atoms with van der Waals surface area (Å²) in [6.45, 7) is 4.43. The van der Waals surface area contributed by atoms with Crippen molar-refractivity contribution in [3.05, 3.63) is 53.9 Å². The second kappa shape index (κ2) is 7.79. The van der Waals surface area contributed by atoms with Crippen LogP contribution in [-0.4, -0.2) is 21.9 Å². The number of unbranched alkanes of at least 4 members (excludes halogenated alkanes) is 1. The Morgan fingerprint density at radius 1 is 1.24 bits per heavy atom.